The van der Waals surface area contributed by atoms with Gasteiger partial charge in [0.2, 0.25) is 0 Å². The lowest BCUT2D eigenvalue weighted by Crippen LogP contribution is -1.92. The van der Waals surface area contributed by atoms with E-state index in [-0.39, 0.29) is 0 Å². The molecule has 0 radical (unpaired) electrons. The zero-order chi connectivity index (χ0) is 12.9. The minimum absolute atomic E-state index is 1.05. The first-order valence-corrected chi connectivity index (χ1v) is 6.20. The molecule has 2 heterocycles. The molecule has 0 fully saturated rings. The Kier molecular flexibility index (Phi) is 2.34. The van der Waals surface area contributed by atoms with Crippen LogP contribution in [0.25, 0.3) is 21.8 Å². The molecule has 1 aromatic carbocycles. The Morgan fingerprint density at radius 2 is 1.00 bits per heavy atom. The fraction of sp³-hybridized carbons (Fsp3) is 0.250. The standard InChI is InChI=1S/C16H16N2/c1-9-5-13-7-16-14(6-10(2)12(4)18-16)8-15(13)17-11(9)3/h5-8H,1-4H3. The highest BCUT2D eigenvalue weighted by atomic mass is 14.7. The third kappa shape index (κ3) is 1.65. The van der Waals surface area contributed by atoms with E-state index in [1.54, 1.807) is 0 Å². The second-order valence-corrected chi connectivity index (χ2v) is 5.02. The predicted molar refractivity (Wildman–Crippen MR) is 76.0 cm³/mol. The van der Waals surface area contributed by atoms with Gasteiger partial charge in [-0.1, -0.05) is 0 Å². The van der Waals surface area contributed by atoms with Crippen molar-refractivity contribution in [3.8, 4) is 0 Å². The molecule has 0 amide bonds. The number of hydrogen-bond donors (Lipinski definition) is 0. The number of rotatable bonds is 0. The Balaban J connectivity index is 2.43. The number of benzene rings is 1. The summed E-state index contributed by atoms with van der Waals surface area (Å²) in [6.07, 6.45) is 0. The first-order valence-electron chi connectivity index (χ1n) is 6.20. The first kappa shape index (κ1) is 11.1. The lowest BCUT2D eigenvalue weighted by atomic mass is 10.1. The molecule has 90 valence electrons. The van der Waals surface area contributed by atoms with Gasteiger partial charge in [-0.25, -0.2) is 0 Å². The molecule has 2 nitrogen and oxygen atoms in total. The molecule has 0 aliphatic carbocycles. The van der Waals surface area contributed by atoms with E-state index in [1.807, 2.05) is 0 Å². The van der Waals surface area contributed by atoms with Gasteiger partial charge in [0.1, 0.15) is 0 Å². The lowest BCUT2D eigenvalue weighted by molar-refractivity contribution is 1.19. The summed E-state index contributed by atoms with van der Waals surface area (Å²) in [4.78, 5) is 9.30. The molecule has 0 saturated heterocycles. The number of hydrogen-bond acceptors (Lipinski definition) is 2. The van der Waals surface area contributed by atoms with Crippen molar-refractivity contribution in [3.63, 3.8) is 0 Å². The van der Waals surface area contributed by atoms with Crippen LogP contribution in [0.1, 0.15) is 22.5 Å². The number of aryl methyl sites for hydroxylation is 4. The Morgan fingerprint density at radius 1 is 0.611 bits per heavy atom. The van der Waals surface area contributed by atoms with Crippen LogP contribution in [-0.2, 0) is 0 Å². The molecule has 0 saturated carbocycles. The van der Waals surface area contributed by atoms with E-state index in [1.165, 1.54) is 21.9 Å². The van der Waals surface area contributed by atoms with Crippen LogP contribution >= 0.6 is 0 Å². The van der Waals surface area contributed by atoms with Crippen LogP contribution in [0.4, 0.5) is 0 Å². The minimum atomic E-state index is 1.05. The maximum atomic E-state index is 4.65. The fourth-order valence-corrected chi connectivity index (χ4v) is 2.25. The normalized spacial score (nSPS) is 11.3. The van der Waals surface area contributed by atoms with Crippen LogP contribution in [0.3, 0.4) is 0 Å². The summed E-state index contributed by atoms with van der Waals surface area (Å²) in [5.41, 5.74) is 6.75. The third-order valence-electron chi connectivity index (χ3n) is 3.64. The zero-order valence-corrected chi connectivity index (χ0v) is 11.2. The van der Waals surface area contributed by atoms with E-state index in [0.717, 1.165) is 22.4 Å². The molecule has 0 bridgehead atoms. The maximum Gasteiger partial charge on any atom is 0.0712 e. The van der Waals surface area contributed by atoms with E-state index in [9.17, 15) is 0 Å². The summed E-state index contributed by atoms with van der Waals surface area (Å²) in [5, 5.41) is 2.34. The maximum absolute atomic E-state index is 4.65. The van der Waals surface area contributed by atoms with Crippen molar-refractivity contribution in [1.29, 1.82) is 0 Å². The monoisotopic (exact) mass is 236 g/mol. The molecule has 3 aromatic rings. The van der Waals surface area contributed by atoms with Crippen LogP contribution < -0.4 is 0 Å². The van der Waals surface area contributed by atoms with Crippen molar-refractivity contribution < 1.29 is 0 Å². The van der Waals surface area contributed by atoms with Crippen LogP contribution in [0.15, 0.2) is 24.3 Å². The van der Waals surface area contributed by atoms with Crippen molar-refractivity contribution in [2.45, 2.75) is 27.7 Å². The van der Waals surface area contributed by atoms with Gasteiger partial charge in [0.15, 0.2) is 0 Å². The van der Waals surface area contributed by atoms with Crippen molar-refractivity contribution >= 4 is 21.8 Å². The average Bonchev–Trinajstić information content (AvgIpc) is 2.31. The van der Waals surface area contributed by atoms with Gasteiger partial charge in [0, 0.05) is 22.2 Å². The second kappa shape index (κ2) is 3.77. The van der Waals surface area contributed by atoms with E-state index in [4.69, 9.17) is 0 Å². The van der Waals surface area contributed by atoms with E-state index >= 15 is 0 Å². The quantitative estimate of drug-likeness (QED) is 0.551. The molecule has 0 atom stereocenters. The molecule has 3 rings (SSSR count). The summed E-state index contributed by atoms with van der Waals surface area (Å²) in [6.45, 7) is 8.30. The number of aromatic nitrogens is 2. The van der Waals surface area contributed by atoms with Gasteiger partial charge in [-0.05, 0) is 63.1 Å². The van der Waals surface area contributed by atoms with Crippen LogP contribution in [0.2, 0.25) is 0 Å². The number of fused-ring (bicyclic) bond motifs is 2. The Morgan fingerprint density at radius 3 is 1.39 bits per heavy atom. The summed E-state index contributed by atoms with van der Waals surface area (Å²) in [5.74, 6) is 0. The SMILES string of the molecule is Cc1cc2cc3nc(C)c(C)cc3cc2nc1C. The summed E-state index contributed by atoms with van der Waals surface area (Å²) >= 11 is 0. The molecule has 0 aliphatic heterocycles. The number of nitrogens with zero attached hydrogens (tertiary/aromatic N) is 2. The minimum Gasteiger partial charge on any atom is -0.253 e. The van der Waals surface area contributed by atoms with Gasteiger partial charge < -0.3 is 0 Å². The number of pyridine rings is 2. The summed E-state index contributed by atoms with van der Waals surface area (Å²) in [6, 6.07) is 8.65. The lowest BCUT2D eigenvalue weighted by Gasteiger charge is -2.07. The molecule has 0 unspecified atom stereocenters. The largest absolute Gasteiger partial charge is 0.253 e. The van der Waals surface area contributed by atoms with E-state index in [2.05, 4.69) is 61.9 Å². The van der Waals surface area contributed by atoms with Crippen LogP contribution in [0, 0.1) is 27.7 Å². The van der Waals surface area contributed by atoms with E-state index < -0.39 is 0 Å². The fourth-order valence-electron chi connectivity index (χ4n) is 2.25. The molecule has 0 N–H and O–H groups in total. The molecule has 18 heavy (non-hydrogen) atoms. The van der Waals surface area contributed by atoms with Crippen LogP contribution in [0.5, 0.6) is 0 Å². The topological polar surface area (TPSA) is 25.8 Å². The van der Waals surface area contributed by atoms with Crippen molar-refractivity contribution in [3.05, 3.63) is 46.8 Å². The molecule has 2 heteroatoms. The van der Waals surface area contributed by atoms with Gasteiger partial charge in [-0.15, -0.1) is 0 Å². The zero-order valence-electron chi connectivity index (χ0n) is 11.2. The third-order valence-corrected chi connectivity index (χ3v) is 3.64. The highest BCUT2D eigenvalue weighted by molar-refractivity contribution is 5.95. The van der Waals surface area contributed by atoms with Crippen molar-refractivity contribution in [1.82, 2.24) is 9.97 Å². The van der Waals surface area contributed by atoms with Crippen molar-refractivity contribution in [2.24, 2.45) is 0 Å². The van der Waals surface area contributed by atoms with Gasteiger partial charge in [-0.3, -0.25) is 9.97 Å². The van der Waals surface area contributed by atoms with Crippen molar-refractivity contribution in [2.75, 3.05) is 0 Å². The van der Waals surface area contributed by atoms with Gasteiger partial charge in [0.05, 0.1) is 11.0 Å². The molecule has 0 aliphatic rings. The molecule has 2 aromatic heterocycles. The van der Waals surface area contributed by atoms with E-state index in [0.29, 0.717) is 0 Å². The van der Waals surface area contributed by atoms with Gasteiger partial charge in [0.25, 0.3) is 0 Å². The summed E-state index contributed by atoms with van der Waals surface area (Å²) < 4.78 is 0. The Bertz CT molecular complexity index is 644. The highest BCUT2D eigenvalue weighted by Gasteiger charge is 2.04. The van der Waals surface area contributed by atoms with Gasteiger partial charge >= 0.3 is 0 Å². The first-order chi connectivity index (χ1) is 8.54. The smallest absolute Gasteiger partial charge is 0.0712 e. The highest BCUT2D eigenvalue weighted by Crippen LogP contribution is 2.23. The molecule has 0 spiro atoms. The second-order valence-electron chi connectivity index (χ2n) is 5.02. The Labute approximate surface area is 107 Å². The predicted octanol–water partition coefficient (Wildman–Crippen LogP) is 4.02. The van der Waals surface area contributed by atoms with Gasteiger partial charge in [-0.2, -0.15) is 0 Å². The molecular formula is C16H16N2. The summed E-state index contributed by atoms with van der Waals surface area (Å²) in [7, 11) is 0. The average molecular weight is 236 g/mol. The van der Waals surface area contributed by atoms with Crippen LogP contribution in [-0.4, -0.2) is 9.97 Å². The molecular weight excluding hydrogens is 220 g/mol. The Hall–Kier alpha value is -1.96.